The van der Waals surface area contributed by atoms with Crippen molar-refractivity contribution < 1.29 is 13.2 Å². The second kappa shape index (κ2) is 4.69. The van der Waals surface area contributed by atoms with Crippen LogP contribution in [0, 0.1) is 5.41 Å². The Morgan fingerprint density at radius 3 is 2.58 bits per heavy atom. The average Bonchev–Trinajstić information content (AvgIpc) is 2.77. The molecule has 0 aliphatic carbocycles. The zero-order valence-electron chi connectivity index (χ0n) is 9.37. The number of alkyl halides is 3. The molecule has 1 aromatic carbocycles. The SMILES string of the molecule is N=C(N)c1ccc(Br)cc1-n1cc(C(F)(F)F)cn1. The Bertz CT molecular complexity index is 633. The van der Waals surface area contributed by atoms with Crippen LogP contribution in [0.1, 0.15) is 11.1 Å². The van der Waals surface area contributed by atoms with Gasteiger partial charge < -0.3 is 5.73 Å². The number of nitrogens with one attached hydrogen (secondary N) is 1. The Balaban J connectivity index is 2.55. The molecule has 0 atom stereocenters. The van der Waals surface area contributed by atoms with Crippen molar-refractivity contribution in [3.63, 3.8) is 0 Å². The summed E-state index contributed by atoms with van der Waals surface area (Å²) in [6.07, 6.45) is -2.88. The lowest BCUT2D eigenvalue weighted by molar-refractivity contribution is -0.137. The highest BCUT2D eigenvalue weighted by molar-refractivity contribution is 9.10. The van der Waals surface area contributed by atoms with Crippen molar-refractivity contribution in [3.05, 3.63) is 46.2 Å². The molecule has 0 spiro atoms. The predicted octanol–water partition coefficient (Wildman–Crippen LogP) is 2.94. The summed E-state index contributed by atoms with van der Waals surface area (Å²) < 4.78 is 39.3. The zero-order chi connectivity index (χ0) is 14.2. The van der Waals surface area contributed by atoms with Crippen molar-refractivity contribution in [1.29, 1.82) is 5.41 Å². The van der Waals surface area contributed by atoms with E-state index in [1.165, 1.54) is 6.07 Å². The molecule has 100 valence electrons. The van der Waals surface area contributed by atoms with Crippen LogP contribution in [0.4, 0.5) is 13.2 Å². The number of benzene rings is 1. The third kappa shape index (κ3) is 2.78. The van der Waals surface area contributed by atoms with Gasteiger partial charge >= 0.3 is 6.18 Å². The van der Waals surface area contributed by atoms with Gasteiger partial charge in [0.15, 0.2) is 0 Å². The first kappa shape index (κ1) is 13.6. The molecule has 8 heteroatoms. The Labute approximate surface area is 114 Å². The van der Waals surface area contributed by atoms with Crippen molar-refractivity contribution in [2.75, 3.05) is 0 Å². The normalized spacial score (nSPS) is 11.6. The maximum atomic E-state index is 12.5. The van der Waals surface area contributed by atoms with Gasteiger partial charge in [-0.15, -0.1) is 0 Å². The zero-order valence-corrected chi connectivity index (χ0v) is 11.0. The van der Waals surface area contributed by atoms with E-state index in [0.717, 1.165) is 17.1 Å². The number of hydrogen-bond donors (Lipinski definition) is 2. The van der Waals surface area contributed by atoms with Crippen molar-refractivity contribution in [2.45, 2.75) is 6.18 Å². The molecule has 0 saturated heterocycles. The maximum Gasteiger partial charge on any atom is 0.419 e. The van der Waals surface area contributed by atoms with Crippen LogP contribution in [0.2, 0.25) is 0 Å². The Hall–Kier alpha value is -1.83. The second-order valence-corrected chi connectivity index (χ2v) is 4.66. The lowest BCUT2D eigenvalue weighted by Gasteiger charge is -2.09. The number of nitrogen functional groups attached to an aromatic ring is 1. The molecule has 0 saturated carbocycles. The topological polar surface area (TPSA) is 67.7 Å². The van der Waals surface area contributed by atoms with E-state index >= 15 is 0 Å². The van der Waals surface area contributed by atoms with Crippen molar-refractivity contribution in [1.82, 2.24) is 9.78 Å². The fourth-order valence-corrected chi connectivity index (χ4v) is 1.87. The highest BCUT2D eigenvalue weighted by Crippen LogP contribution is 2.30. The van der Waals surface area contributed by atoms with Gasteiger partial charge in [0.05, 0.1) is 17.4 Å². The van der Waals surface area contributed by atoms with Crippen LogP contribution < -0.4 is 5.73 Å². The van der Waals surface area contributed by atoms with Gasteiger partial charge in [-0.05, 0) is 18.2 Å². The van der Waals surface area contributed by atoms with Crippen LogP contribution in [0.15, 0.2) is 35.1 Å². The van der Waals surface area contributed by atoms with Gasteiger partial charge in [-0.25, -0.2) is 4.68 Å². The molecule has 2 aromatic rings. The third-order valence-electron chi connectivity index (χ3n) is 2.41. The van der Waals surface area contributed by atoms with Crippen LogP contribution >= 0.6 is 15.9 Å². The van der Waals surface area contributed by atoms with Gasteiger partial charge in [0.2, 0.25) is 0 Å². The number of amidine groups is 1. The molecular formula is C11H8BrF3N4. The number of nitrogens with zero attached hydrogens (tertiary/aromatic N) is 2. The Morgan fingerprint density at radius 2 is 2.05 bits per heavy atom. The molecule has 0 aliphatic rings. The molecule has 3 N–H and O–H groups in total. The van der Waals surface area contributed by atoms with E-state index in [0.29, 0.717) is 15.7 Å². The molecule has 0 aliphatic heterocycles. The van der Waals surface area contributed by atoms with Crippen LogP contribution in [-0.4, -0.2) is 15.6 Å². The van der Waals surface area contributed by atoms with Gasteiger partial charge in [-0.2, -0.15) is 18.3 Å². The largest absolute Gasteiger partial charge is 0.419 e. The number of aromatic nitrogens is 2. The summed E-state index contributed by atoms with van der Waals surface area (Å²) in [7, 11) is 0. The van der Waals surface area contributed by atoms with E-state index in [2.05, 4.69) is 21.0 Å². The molecular weight excluding hydrogens is 325 g/mol. The number of rotatable bonds is 2. The fraction of sp³-hybridized carbons (Fsp3) is 0.0909. The monoisotopic (exact) mass is 332 g/mol. The first-order valence-corrected chi connectivity index (χ1v) is 5.84. The van der Waals surface area contributed by atoms with Crippen LogP contribution in [0.25, 0.3) is 5.69 Å². The van der Waals surface area contributed by atoms with Crippen molar-refractivity contribution in [3.8, 4) is 5.69 Å². The molecule has 0 unspecified atom stereocenters. The average molecular weight is 333 g/mol. The molecule has 0 bridgehead atoms. The highest BCUT2D eigenvalue weighted by Gasteiger charge is 2.32. The van der Waals surface area contributed by atoms with Crippen molar-refractivity contribution >= 4 is 21.8 Å². The minimum absolute atomic E-state index is 0.244. The summed E-state index contributed by atoms with van der Waals surface area (Å²) in [4.78, 5) is 0. The van der Waals surface area contributed by atoms with Crippen LogP contribution in [0.3, 0.4) is 0 Å². The Morgan fingerprint density at radius 1 is 1.37 bits per heavy atom. The lowest BCUT2D eigenvalue weighted by atomic mass is 10.1. The van der Waals surface area contributed by atoms with E-state index in [9.17, 15) is 13.2 Å². The maximum absolute atomic E-state index is 12.5. The molecule has 1 heterocycles. The number of halogens is 4. The predicted molar refractivity (Wildman–Crippen MR) is 67.3 cm³/mol. The molecule has 4 nitrogen and oxygen atoms in total. The van der Waals surface area contributed by atoms with Gasteiger partial charge in [0.1, 0.15) is 5.84 Å². The van der Waals surface area contributed by atoms with E-state index in [4.69, 9.17) is 11.1 Å². The van der Waals surface area contributed by atoms with E-state index < -0.39 is 11.7 Å². The van der Waals surface area contributed by atoms with E-state index in [1.807, 2.05) is 0 Å². The summed E-state index contributed by atoms with van der Waals surface area (Å²) in [5, 5.41) is 11.1. The summed E-state index contributed by atoms with van der Waals surface area (Å²) >= 11 is 3.21. The third-order valence-corrected chi connectivity index (χ3v) is 2.90. The van der Waals surface area contributed by atoms with Gasteiger partial charge in [0.25, 0.3) is 0 Å². The van der Waals surface area contributed by atoms with Gasteiger partial charge in [-0.3, -0.25) is 5.41 Å². The van der Waals surface area contributed by atoms with Crippen LogP contribution in [0.5, 0.6) is 0 Å². The first-order chi connectivity index (χ1) is 8.79. The minimum Gasteiger partial charge on any atom is -0.384 e. The molecule has 19 heavy (non-hydrogen) atoms. The Kier molecular flexibility index (Phi) is 3.36. The fourth-order valence-electron chi connectivity index (χ4n) is 1.52. The lowest BCUT2D eigenvalue weighted by Crippen LogP contribution is -2.15. The summed E-state index contributed by atoms with van der Waals surface area (Å²) in [6.45, 7) is 0. The highest BCUT2D eigenvalue weighted by atomic mass is 79.9. The summed E-state index contributed by atoms with van der Waals surface area (Å²) in [6, 6.07) is 4.73. The summed E-state index contributed by atoms with van der Waals surface area (Å²) in [5.74, 6) is -0.244. The van der Waals surface area contributed by atoms with Crippen LogP contribution in [-0.2, 0) is 6.18 Å². The van der Waals surface area contributed by atoms with E-state index in [-0.39, 0.29) is 5.84 Å². The quantitative estimate of drug-likeness (QED) is 0.655. The van der Waals surface area contributed by atoms with Gasteiger partial charge in [0, 0.05) is 16.2 Å². The number of hydrogen-bond acceptors (Lipinski definition) is 2. The smallest absolute Gasteiger partial charge is 0.384 e. The number of nitrogens with two attached hydrogens (primary N) is 1. The summed E-state index contributed by atoms with van der Waals surface area (Å²) in [5.41, 5.74) is 5.15. The molecule has 0 fully saturated rings. The van der Waals surface area contributed by atoms with Crippen molar-refractivity contribution in [2.24, 2.45) is 5.73 Å². The first-order valence-electron chi connectivity index (χ1n) is 5.05. The minimum atomic E-state index is -4.46. The molecule has 2 rings (SSSR count). The standard InChI is InChI=1S/C11H8BrF3N4/c12-7-1-2-8(10(16)17)9(3-7)19-5-6(4-18-19)11(13,14)15/h1-5H,(H3,16,17). The van der Waals surface area contributed by atoms with E-state index in [1.54, 1.807) is 12.1 Å². The molecule has 0 amide bonds. The molecule has 0 radical (unpaired) electrons. The molecule has 1 aromatic heterocycles. The second-order valence-electron chi connectivity index (χ2n) is 3.75. The van der Waals surface area contributed by atoms with Gasteiger partial charge in [-0.1, -0.05) is 15.9 Å².